The van der Waals surface area contributed by atoms with Crippen molar-refractivity contribution in [3.8, 4) is 11.8 Å². The van der Waals surface area contributed by atoms with Crippen LogP contribution in [0.3, 0.4) is 0 Å². The number of hydrogen-bond donors (Lipinski definition) is 1. The van der Waals surface area contributed by atoms with Gasteiger partial charge in [-0.2, -0.15) is 0 Å². The average Bonchev–Trinajstić information content (AvgIpc) is 1.99. The molecule has 0 bridgehead atoms. The second-order valence-electron chi connectivity index (χ2n) is 1.86. The molecule has 0 aliphatic heterocycles. The Balaban J connectivity index is 4.63. The largest absolute Gasteiger partial charge is 0.368 e. The van der Waals surface area contributed by atoms with Crippen molar-refractivity contribution in [3.63, 3.8) is 0 Å². The van der Waals surface area contributed by atoms with E-state index in [4.69, 9.17) is 5.11 Å². The van der Waals surface area contributed by atoms with E-state index in [1.165, 1.54) is 5.92 Å². The SMILES string of the molecule is OC(C#CCF)(C(F)F)C(F)F. The molecule has 0 heterocycles. The van der Waals surface area contributed by atoms with Crippen molar-refractivity contribution in [2.75, 3.05) is 6.67 Å². The highest BCUT2D eigenvalue weighted by Gasteiger charge is 2.45. The molecule has 0 aromatic heterocycles. The van der Waals surface area contributed by atoms with Crippen LogP contribution in [0.4, 0.5) is 22.0 Å². The number of rotatable bonds is 2. The van der Waals surface area contributed by atoms with Gasteiger partial charge in [-0.05, 0) is 0 Å². The van der Waals surface area contributed by atoms with Crippen molar-refractivity contribution in [2.24, 2.45) is 0 Å². The van der Waals surface area contributed by atoms with Gasteiger partial charge < -0.3 is 5.11 Å². The molecule has 0 rings (SSSR count). The van der Waals surface area contributed by atoms with E-state index in [1.54, 1.807) is 0 Å². The maximum atomic E-state index is 11.7. The van der Waals surface area contributed by atoms with Gasteiger partial charge in [0.1, 0.15) is 6.67 Å². The van der Waals surface area contributed by atoms with E-state index >= 15 is 0 Å². The molecule has 0 aliphatic rings. The fourth-order valence-electron chi connectivity index (χ4n) is 0.379. The molecule has 0 radical (unpaired) electrons. The number of aliphatic hydroxyl groups is 1. The molecule has 0 aliphatic carbocycles. The normalized spacial score (nSPS) is 11.7. The van der Waals surface area contributed by atoms with Crippen LogP contribution in [-0.2, 0) is 0 Å². The van der Waals surface area contributed by atoms with Gasteiger partial charge in [-0.15, -0.1) is 0 Å². The Morgan fingerprint density at radius 3 is 1.83 bits per heavy atom. The molecule has 0 spiro atoms. The summed E-state index contributed by atoms with van der Waals surface area (Å²) in [4.78, 5) is 0. The van der Waals surface area contributed by atoms with Gasteiger partial charge >= 0.3 is 0 Å². The maximum Gasteiger partial charge on any atom is 0.283 e. The molecule has 12 heavy (non-hydrogen) atoms. The topological polar surface area (TPSA) is 20.2 Å². The van der Waals surface area contributed by atoms with E-state index in [0.717, 1.165) is 5.92 Å². The van der Waals surface area contributed by atoms with Crippen LogP contribution in [0.15, 0.2) is 0 Å². The van der Waals surface area contributed by atoms with Gasteiger partial charge in [-0.1, -0.05) is 11.8 Å². The summed E-state index contributed by atoms with van der Waals surface area (Å²) >= 11 is 0. The van der Waals surface area contributed by atoms with E-state index in [-0.39, 0.29) is 0 Å². The van der Waals surface area contributed by atoms with E-state index in [9.17, 15) is 22.0 Å². The van der Waals surface area contributed by atoms with Crippen molar-refractivity contribution in [1.29, 1.82) is 0 Å². The Bertz CT molecular complexity index is 184. The highest BCUT2D eigenvalue weighted by molar-refractivity contribution is 5.16. The van der Waals surface area contributed by atoms with Gasteiger partial charge in [0.15, 0.2) is 0 Å². The van der Waals surface area contributed by atoms with E-state index in [0.29, 0.717) is 0 Å². The molecule has 0 saturated carbocycles. The Labute approximate surface area is 65.2 Å². The summed E-state index contributed by atoms with van der Waals surface area (Å²) in [7, 11) is 0. The molecule has 0 saturated heterocycles. The first kappa shape index (κ1) is 11.2. The lowest BCUT2D eigenvalue weighted by Crippen LogP contribution is -2.43. The number of hydrogen-bond acceptors (Lipinski definition) is 1. The first-order valence-electron chi connectivity index (χ1n) is 2.79. The maximum absolute atomic E-state index is 11.7. The smallest absolute Gasteiger partial charge is 0.283 e. The third-order valence-corrected chi connectivity index (χ3v) is 1.02. The second kappa shape index (κ2) is 4.26. The van der Waals surface area contributed by atoms with E-state index in [1.807, 2.05) is 0 Å². The zero-order valence-electron chi connectivity index (χ0n) is 5.70. The molecular weight excluding hydrogens is 183 g/mol. The van der Waals surface area contributed by atoms with Crippen LogP contribution in [-0.4, -0.2) is 30.2 Å². The summed E-state index contributed by atoms with van der Waals surface area (Å²) in [5.74, 6) is 2.40. The third-order valence-electron chi connectivity index (χ3n) is 1.02. The minimum atomic E-state index is -3.73. The quantitative estimate of drug-likeness (QED) is 0.510. The molecule has 0 aromatic carbocycles. The van der Waals surface area contributed by atoms with Crippen LogP contribution >= 0.6 is 0 Å². The van der Waals surface area contributed by atoms with Crippen LogP contribution in [0.25, 0.3) is 0 Å². The van der Waals surface area contributed by atoms with Gasteiger partial charge in [0.2, 0.25) is 5.60 Å². The predicted molar refractivity (Wildman–Crippen MR) is 30.7 cm³/mol. The fourth-order valence-corrected chi connectivity index (χ4v) is 0.379. The molecule has 70 valence electrons. The summed E-state index contributed by atoms with van der Waals surface area (Å²) in [6.07, 6.45) is -7.45. The summed E-state index contributed by atoms with van der Waals surface area (Å²) in [5, 5.41) is 8.46. The van der Waals surface area contributed by atoms with Crippen LogP contribution < -0.4 is 0 Å². The van der Waals surface area contributed by atoms with Crippen molar-refractivity contribution >= 4 is 0 Å². The monoisotopic (exact) mass is 188 g/mol. The molecule has 6 heteroatoms. The minimum Gasteiger partial charge on any atom is -0.368 e. The summed E-state index contributed by atoms with van der Waals surface area (Å²) < 4.78 is 58.1. The molecule has 0 unspecified atom stereocenters. The van der Waals surface area contributed by atoms with Gasteiger partial charge in [0.05, 0.1) is 0 Å². The van der Waals surface area contributed by atoms with Gasteiger partial charge in [0.25, 0.3) is 12.9 Å². The molecular formula is C6H5F5O. The Morgan fingerprint density at radius 1 is 1.17 bits per heavy atom. The Hall–Kier alpha value is -0.830. The second-order valence-corrected chi connectivity index (χ2v) is 1.86. The Kier molecular flexibility index (Phi) is 3.96. The van der Waals surface area contributed by atoms with Crippen molar-refractivity contribution < 1.29 is 27.1 Å². The summed E-state index contributed by atoms with van der Waals surface area (Å²) in [5.41, 5.74) is -3.72. The summed E-state index contributed by atoms with van der Waals surface area (Å²) in [6, 6.07) is 0. The van der Waals surface area contributed by atoms with Crippen molar-refractivity contribution in [2.45, 2.75) is 18.5 Å². The van der Waals surface area contributed by atoms with Crippen molar-refractivity contribution in [1.82, 2.24) is 0 Å². The molecule has 0 aromatic rings. The first-order chi connectivity index (χ1) is 5.45. The highest BCUT2D eigenvalue weighted by atomic mass is 19.3. The lowest BCUT2D eigenvalue weighted by atomic mass is 10.1. The lowest BCUT2D eigenvalue weighted by molar-refractivity contribution is -0.138. The predicted octanol–water partition coefficient (Wildman–Crippen LogP) is 1.22. The third kappa shape index (κ3) is 2.34. The highest BCUT2D eigenvalue weighted by Crippen LogP contribution is 2.22. The minimum absolute atomic E-state index is 1.08. The van der Waals surface area contributed by atoms with Crippen LogP contribution in [0.5, 0.6) is 0 Å². The summed E-state index contributed by atoms with van der Waals surface area (Å²) in [6.45, 7) is -1.36. The molecule has 0 atom stereocenters. The zero-order valence-corrected chi connectivity index (χ0v) is 5.70. The number of alkyl halides is 5. The van der Waals surface area contributed by atoms with Crippen LogP contribution in [0.2, 0.25) is 0 Å². The van der Waals surface area contributed by atoms with E-state index in [2.05, 4.69) is 0 Å². The Morgan fingerprint density at radius 2 is 1.58 bits per heavy atom. The fraction of sp³-hybridized carbons (Fsp3) is 0.667. The molecule has 1 nitrogen and oxygen atoms in total. The molecule has 0 amide bonds. The molecule has 0 fully saturated rings. The van der Waals surface area contributed by atoms with Crippen LogP contribution in [0, 0.1) is 11.8 Å². The first-order valence-corrected chi connectivity index (χ1v) is 2.79. The van der Waals surface area contributed by atoms with Gasteiger partial charge in [-0.25, -0.2) is 22.0 Å². The zero-order chi connectivity index (χ0) is 9.78. The standard InChI is InChI=1S/C6H5F5O/c7-3-1-2-6(12,4(8)9)5(10)11/h4-5,12H,3H2. The van der Waals surface area contributed by atoms with Gasteiger partial charge in [-0.3, -0.25) is 0 Å². The average molecular weight is 188 g/mol. The lowest BCUT2D eigenvalue weighted by Gasteiger charge is -2.19. The molecule has 1 N–H and O–H groups in total. The van der Waals surface area contributed by atoms with E-state index < -0.39 is 25.1 Å². The van der Waals surface area contributed by atoms with Gasteiger partial charge in [0, 0.05) is 0 Å². The van der Waals surface area contributed by atoms with Crippen molar-refractivity contribution in [3.05, 3.63) is 0 Å². The number of halogens is 5. The van der Waals surface area contributed by atoms with Crippen LogP contribution in [0.1, 0.15) is 0 Å².